The summed E-state index contributed by atoms with van der Waals surface area (Å²) in [6.45, 7) is 3.78. The number of aliphatic imine (C=N–C) groups is 1. The van der Waals surface area contributed by atoms with Gasteiger partial charge >= 0.3 is 0 Å². The molecule has 7 nitrogen and oxygen atoms in total. The van der Waals surface area contributed by atoms with Crippen LogP contribution in [-0.2, 0) is 12.8 Å². The van der Waals surface area contributed by atoms with Gasteiger partial charge in [0.25, 0.3) is 0 Å². The zero-order chi connectivity index (χ0) is 27.8. The molecular formula is C32H40N2O5. The second kappa shape index (κ2) is 13.0. The van der Waals surface area contributed by atoms with Crippen molar-refractivity contribution in [1.29, 1.82) is 0 Å². The molecule has 4 rings (SSSR count). The molecule has 1 saturated heterocycles. The lowest BCUT2D eigenvalue weighted by Crippen LogP contribution is -2.54. The maximum Gasteiger partial charge on any atom is 0.160 e. The van der Waals surface area contributed by atoms with Crippen LogP contribution in [0.15, 0.2) is 71.7 Å². The van der Waals surface area contributed by atoms with E-state index in [4.69, 9.17) is 23.9 Å². The minimum absolute atomic E-state index is 0.131. The van der Waals surface area contributed by atoms with Crippen LogP contribution in [0.1, 0.15) is 36.1 Å². The molecule has 1 aliphatic rings. The molecule has 0 spiro atoms. The maximum absolute atomic E-state index is 11.5. The molecule has 1 fully saturated rings. The Morgan fingerprint density at radius 1 is 0.795 bits per heavy atom. The molecular weight excluding hydrogens is 492 g/mol. The third kappa shape index (κ3) is 6.91. The Balaban J connectivity index is 1.50. The molecule has 0 saturated carbocycles. The summed E-state index contributed by atoms with van der Waals surface area (Å²) < 4.78 is 21.7. The fraction of sp³-hybridized carbons (Fsp3) is 0.406. The van der Waals surface area contributed by atoms with Crippen molar-refractivity contribution >= 4 is 5.71 Å². The number of nitrogens with zero attached hydrogens (tertiary/aromatic N) is 2. The first-order valence-corrected chi connectivity index (χ1v) is 13.4. The SMILES string of the molecule is COc1ccc(CCN=C2CC(c3ccccc3)N(CCc3ccc(OC)c(OC)c3)CC2(C)O)cc1OC. The van der Waals surface area contributed by atoms with Crippen molar-refractivity contribution in [3.05, 3.63) is 83.4 Å². The molecule has 2 unspecified atom stereocenters. The summed E-state index contributed by atoms with van der Waals surface area (Å²) in [4.78, 5) is 7.31. The molecule has 0 aliphatic carbocycles. The van der Waals surface area contributed by atoms with E-state index in [1.807, 2.05) is 43.3 Å². The molecule has 1 N–H and O–H groups in total. The van der Waals surface area contributed by atoms with Crippen LogP contribution in [0.3, 0.4) is 0 Å². The zero-order valence-corrected chi connectivity index (χ0v) is 23.6. The summed E-state index contributed by atoms with van der Waals surface area (Å²) in [5.74, 6) is 2.87. The van der Waals surface area contributed by atoms with Gasteiger partial charge in [0.05, 0.1) is 28.4 Å². The standard InChI is InChI=1S/C32H40N2O5/c1-32(35)22-34(18-16-24-12-14-28(37-3)30(20-24)39-5)26(25-9-7-6-8-10-25)21-31(32)33-17-15-23-11-13-27(36-2)29(19-23)38-4/h6-14,19-20,26,35H,15-18,21-22H2,1-5H3. The van der Waals surface area contributed by atoms with Gasteiger partial charge in [0.15, 0.2) is 23.0 Å². The largest absolute Gasteiger partial charge is 0.493 e. The van der Waals surface area contributed by atoms with Crippen molar-refractivity contribution in [2.45, 2.75) is 37.8 Å². The topological polar surface area (TPSA) is 72.8 Å². The number of rotatable bonds is 11. The number of likely N-dealkylation sites (tertiary alicyclic amines) is 1. The zero-order valence-electron chi connectivity index (χ0n) is 23.6. The van der Waals surface area contributed by atoms with Crippen molar-refractivity contribution in [3.63, 3.8) is 0 Å². The van der Waals surface area contributed by atoms with Crippen LogP contribution >= 0.6 is 0 Å². The third-order valence-corrected chi connectivity index (χ3v) is 7.43. The van der Waals surface area contributed by atoms with Gasteiger partial charge in [-0.1, -0.05) is 42.5 Å². The average molecular weight is 533 g/mol. The smallest absolute Gasteiger partial charge is 0.160 e. The summed E-state index contributed by atoms with van der Waals surface area (Å²) >= 11 is 0. The molecule has 3 aromatic rings. The third-order valence-electron chi connectivity index (χ3n) is 7.43. The van der Waals surface area contributed by atoms with Gasteiger partial charge in [-0.2, -0.15) is 0 Å². The fourth-order valence-electron chi connectivity index (χ4n) is 5.27. The van der Waals surface area contributed by atoms with Gasteiger partial charge in [-0.05, 0) is 60.7 Å². The highest BCUT2D eigenvalue weighted by Crippen LogP contribution is 2.35. The van der Waals surface area contributed by atoms with E-state index in [2.05, 4.69) is 35.2 Å². The molecule has 0 aromatic heterocycles. The number of hydrogen-bond acceptors (Lipinski definition) is 7. The van der Waals surface area contributed by atoms with E-state index >= 15 is 0 Å². The molecule has 39 heavy (non-hydrogen) atoms. The van der Waals surface area contributed by atoms with Gasteiger partial charge < -0.3 is 24.1 Å². The summed E-state index contributed by atoms with van der Waals surface area (Å²) in [5, 5.41) is 11.5. The van der Waals surface area contributed by atoms with Crippen LogP contribution in [0.25, 0.3) is 0 Å². The van der Waals surface area contributed by atoms with Gasteiger partial charge in [-0.3, -0.25) is 9.89 Å². The molecule has 1 heterocycles. The Morgan fingerprint density at radius 3 is 1.92 bits per heavy atom. The van der Waals surface area contributed by atoms with Crippen molar-refractivity contribution in [1.82, 2.24) is 4.90 Å². The predicted octanol–water partition coefficient (Wildman–Crippen LogP) is 5.15. The van der Waals surface area contributed by atoms with Crippen LogP contribution < -0.4 is 18.9 Å². The maximum atomic E-state index is 11.5. The highest BCUT2D eigenvalue weighted by atomic mass is 16.5. The Morgan fingerprint density at radius 2 is 1.36 bits per heavy atom. The van der Waals surface area contributed by atoms with E-state index in [1.165, 1.54) is 5.56 Å². The summed E-state index contributed by atoms with van der Waals surface area (Å²) in [5.41, 5.74) is 3.34. The van der Waals surface area contributed by atoms with Crippen molar-refractivity contribution < 1.29 is 24.1 Å². The lowest BCUT2D eigenvalue weighted by molar-refractivity contribution is 0.0369. The van der Waals surface area contributed by atoms with Gasteiger partial charge in [0, 0.05) is 37.8 Å². The van der Waals surface area contributed by atoms with E-state index in [9.17, 15) is 5.11 Å². The predicted molar refractivity (Wildman–Crippen MR) is 155 cm³/mol. The van der Waals surface area contributed by atoms with Gasteiger partial charge in [-0.15, -0.1) is 0 Å². The Hall–Kier alpha value is -3.55. The van der Waals surface area contributed by atoms with Crippen LogP contribution in [-0.4, -0.2) is 69.4 Å². The average Bonchev–Trinajstić information content (AvgIpc) is 2.96. The minimum Gasteiger partial charge on any atom is -0.493 e. The highest BCUT2D eigenvalue weighted by Gasteiger charge is 2.40. The number of piperidine rings is 1. The first-order chi connectivity index (χ1) is 18.9. The molecule has 0 bridgehead atoms. The van der Waals surface area contributed by atoms with Crippen molar-refractivity contribution in [2.24, 2.45) is 4.99 Å². The van der Waals surface area contributed by atoms with Crippen LogP contribution in [0.5, 0.6) is 23.0 Å². The monoisotopic (exact) mass is 532 g/mol. The molecule has 0 amide bonds. The first kappa shape index (κ1) is 28.5. The number of ether oxygens (including phenoxy) is 4. The molecule has 208 valence electrons. The second-order valence-corrected chi connectivity index (χ2v) is 10.1. The molecule has 2 atom stereocenters. The number of hydrogen-bond donors (Lipinski definition) is 1. The highest BCUT2D eigenvalue weighted by molar-refractivity contribution is 5.93. The van der Waals surface area contributed by atoms with Crippen LogP contribution in [0.2, 0.25) is 0 Å². The summed E-state index contributed by atoms with van der Waals surface area (Å²) in [7, 11) is 6.57. The Labute approximate surface area is 232 Å². The van der Waals surface area contributed by atoms with Crippen LogP contribution in [0.4, 0.5) is 0 Å². The fourth-order valence-corrected chi connectivity index (χ4v) is 5.27. The number of β-amino-alcohol motifs (C(OH)–C–C–N with tert-alkyl or cyclic N) is 1. The van der Waals surface area contributed by atoms with Gasteiger partial charge in [-0.25, -0.2) is 0 Å². The van der Waals surface area contributed by atoms with E-state index in [1.54, 1.807) is 28.4 Å². The Bertz CT molecular complexity index is 1260. The summed E-state index contributed by atoms with van der Waals surface area (Å²) in [6.07, 6.45) is 2.25. The normalized spacial score (nSPS) is 20.6. The van der Waals surface area contributed by atoms with E-state index in [0.29, 0.717) is 31.0 Å². The van der Waals surface area contributed by atoms with E-state index < -0.39 is 5.60 Å². The summed E-state index contributed by atoms with van der Waals surface area (Å²) in [6, 6.07) is 22.6. The quantitative estimate of drug-likeness (QED) is 0.369. The molecule has 7 heteroatoms. The first-order valence-electron chi connectivity index (χ1n) is 13.4. The van der Waals surface area contributed by atoms with Crippen molar-refractivity contribution in [2.75, 3.05) is 48.1 Å². The molecule has 3 aromatic carbocycles. The van der Waals surface area contributed by atoms with Crippen LogP contribution in [0, 0.1) is 0 Å². The second-order valence-electron chi connectivity index (χ2n) is 10.1. The minimum atomic E-state index is -1.01. The molecule has 1 aliphatic heterocycles. The lowest BCUT2D eigenvalue weighted by atomic mass is 9.84. The Kier molecular flexibility index (Phi) is 9.49. The molecule has 0 radical (unpaired) electrons. The number of benzene rings is 3. The number of methoxy groups -OCH3 is 4. The van der Waals surface area contributed by atoms with Gasteiger partial charge in [0.2, 0.25) is 0 Å². The number of aliphatic hydroxyl groups is 1. The van der Waals surface area contributed by atoms with Gasteiger partial charge in [0.1, 0.15) is 5.60 Å². The lowest BCUT2D eigenvalue weighted by Gasteiger charge is -2.44. The van der Waals surface area contributed by atoms with Crippen molar-refractivity contribution in [3.8, 4) is 23.0 Å². The van der Waals surface area contributed by atoms with E-state index in [-0.39, 0.29) is 6.04 Å². The van der Waals surface area contributed by atoms with E-state index in [0.717, 1.165) is 47.7 Å².